The van der Waals surface area contributed by atoms with Crippen LogP contribution < -0.4 is 10.0 Å². The molecule has 186 valence electrons. The number of rotatable bonds is 11. The number of carbonyl (C=O) groups is 1. The molecular weight excluding hydrogens is 480 g/mol. The van der Waals surface area contributed by atoms with Gasteiger partial charge in [-0.2, -0.15) is 5.10 Å². The van der Waals surface area contributed by atoms with Gasteiger partial charge in [0.1, 0.15) is 17.3 Å². The van der Waals surface area contributed by atoms with Gasteiger partial charge in [0.2, 0.25) is 10.0 Å². The third-order valence-corrected chi connectivity index (χ3v) is 6.69. The molecule has 36 heavy (non-hydrogen) atoms. The van der Waals surface area contributed by atoms with Crippen molar-refractivity contribution in [3.8, 4) is 5.69 Å². The van der Waals surface area contributed by atoms with Crippen LogP contribution >= 0.6 is 0 Å². The number of hydrogen-bond acceptors (Lipinski definition) is 8. The van der Waals surface area contributed by atoms with Crippen molar-refractivity contribution < 1.29 is 17.9 Å². The van der Waals surface area contributed by atoms with Gasteiger partial charge in [-0.1, -0.05) is 18.2 Å². The van der Waals surface area contributed by atoms with Crippen molar-refractivity contribution in [1.82, 2.24) is 24.5 Å². The Morgan fingerprint density at radius 1 is 1.06 bits per heavy atom. The number of hydrogen-bond donors (Lipinski definition) is 2. The van der Waals surface area contributed by atoms with Crippen LogP contribution in [0, 0.1) is 0 Å². The van der Waals surface area contributed by atoms with E-state index in [0.29, 0.717) is 24.5 Å². The van der Waals surface area contributed by atoms with E-state index in [9.17, 15) is 13.2 Å². The quantitative estimate of drug-likeness (QED) is 0.235. The highest BCUT2D eigenvalue weighted by molar-refractivity contribution is 7.89. The van der Waals surface area contributed by atoms with E-state index in [-0.39, 0.29) is 17.5 Å². The molecule has 0 radical (unpaired) electrons. The minimum absolute atomic E-state index is 0.0692. The molecule has 10 nitrogen and oxygen atoms in total. The van der Waals surface area contributed by atoms with E-state index in [1.165, 1.54) is 25.4 Å². The topological polar surface area (TPSA) is 128 Å². The molecule has 0 amide bonds. The maximum atomic E-state index is 13.1. The molecule has 0 aliphatic heterocycles. The lowest BCUT2D eigenvalue weighted by Gasteiger charge is -2.20. The number of anilines is 1. The number of sulfonamides is 1. The fourth-order valence-electron chi connectivity index (χ4n) is 3.53. The maximum absolute atomic E-state index is 13.1. The lowest BCUT2D eigenvalue weighted by atomic mass is 10.0. The molecule has 0 aliphatic carbocycles. The van der Waals surface area contributed by atoms with Crippen molar-refractivity contribution in [2.75, 3.05) is 18.5 Å². The van der Waals surface area contributed by atoms with E-state index < -0.39 is 16.1 Å². The zero-order valence-electron chi connectivity index (χ0n) is 19.6. The summed E-state index contributed by atoms with van der Waals surface area (Å²) in [6.45, 7) is 1.91. The second-order valence-corrected chi connectivity index (χ2v) is 9.61. The fraction of sp³-hybridized carbons (Fsp3) is 0.200. The van der Waals surface area contributed by atoms with E-state index in [4.69, 9.17) is 4.74 Å². The highest BCUT2D eigenvalue weighted by Gasteiger charge is 2.23. The SMILES string of the molecule is CC(=O)OCCNc1cccc(C(Cc2ccc(-n3cccn3)cc2)NS(=O)(=O)c2cccnc2)n1. The first-order valence-electron chi connectivity index (χ1n) is 11.3. The third kappa shape index (κ3) is 6.74. The molecule has 1 aromatic carbocycles. The number of aromatic nitrogens is 4. The first-order chi connectivity index (χ1) is 17.4. The molecule has 0 aliphatic rings. The Kier molecular flexibility index (Phi) is 8.03. The standard InChI is InChI=1S/C25H26N6O4S/c1-19(32)35-16-14-27-25-7-2-6-23(29-25)24(30-36(33,34)22-5-3-12-26-18-22)17-20-8-10-21(11-9-20)31-15-4-13-28-31/h2-13,15,18,24,30H,14,16-17H2,1H3,(H,27,29). The zero-order chi connectivity index (χ0) is 25.4. The first kappa shape index (κ1) is 25.0. The molecule has 0 saturated carbocycles. The van der Waals surface area contributed by atoms with E-state index in [1.807, 2.05) is 36.5 Å². The van der Waals surface area contributed by atoms with Gasteiger partial charge in [-0.15, -0.1) is 0 Å². The summed E-state index contributed by atoms with van der Waals surface area (Å²) < 4.78 is 35.7. The maximum Gasteiger partial charge on any atom is 0.302 e. The number of esters is 1. The molecule has 4 rings (SSSR count). The van der Waals surface area contributed by atoms with Crippen molar-refractivity contribution in [2.24, 2.45) is 0 Å². The van der Waals surface area contributed by atoms with Gasteiger partial charge < -0.3 is 10.1 Å². The average Bonchev–Trinajstić information content (AvgIpc) is 3.42. The summed E-state index contributed by atoms with van der Waals surface area (Å²) in [5.41, 5.74) is 2.35. The molecule has 4 aromatic rings. The Morgan fingerprint density at radius 2 is 1.89 bits per heavy atom. The summed E-state index contributed by atoms with van der Waals surface area (Å²) in [6, 6.07) is 17.3. The Morgan fingerprint density at radius 3 is 2.58 bits per heavy atom. The Labute approximate surface area is 209 Å². The summed E-state index contributed by atoms with van der Waals surface area (Å²) in [5, 5.41) is 7.32. The summed E-state index contributed by atoms with van der Waals surface area (Å²) in [4.78, 5) is 19.6. The summed E-state index contributed by atoms with van der Waals surface area (Å²) >= 11 is 0. The monoisotopic (exact) mass is 506 g/mol. The molecule has 1 atom stereocenters. The Balaban J connectivity index is 1.57. The summed E-state index contributed by atoms with van der Waals surface area (Å²) in [6.07, 6.45) is 6.74. The van der Waals surface area contributed by atoms with Gasteiger partial charge >= 0.3 is 5.97 Å². The van der Waals surface area contributed by atoms with Gasteiger partial charge in [-0.05, 0) is 54.4 Å². The molecule has 3 aromatic heterocycles. The van der Waals surface area contributed by atoms with Crippen molar-refractivity contribution in [2.45, 2.75) is 24.3 Å². The first-order valence-corrected chi connectivity index (χ1v) is 12.7. The molecule has 3 heterocycles. The van der Waals surface area contributed by atoms with Crippen LogP contribution in [0.5, 0.6) is 0 Å². The number of pyridine rings is 2. The van der Waals surface area contributed by atoms with Crippen LogP contribution in [0.25, 0.3) is 5.69 Å². The molecular formula is C25H26N6O4S. The molecule has 0 bridgehead atoms. The van der Waals surface area contributed by atoms with Gasteiger partial charge in [0.05, 0.1) is 24.0 Å². The summed E-state index contributed by atoms with van der Waals surface area (Å²) in [5.74, 6) is 0.182. The second-order valence-electron chi connectivity index (χ2n) is 7.90. The number of ether oxygens (including phenoxy) is 1. The number of carbonyl (C=O) groups excluding carboxylic acids is 1. The third-order valence-electron chi connectivity index (χ3n) is 5.23. The highest BCUT2D eigenvalue weighted by atomic mass is 32.2. The number of benzene rings is 1. The normalized spacial score (nSPS) is 12.1. The molecule has 1 unspecified atom stereocenters. The van der Waals surface area contributed by atoms with Crippen LogP contribution in [0.2, 0.25) is 0 Å². The highest BCUT2D eigenvalue weighted by Crippen LogP contribution is 2.22. The molecule has 0 fully saturated rings. The Hall–Kier alpha value is -4.09. The van der Waals surface area contributed by atoms with Gasteiger partial charge in [-0.3, -0.25) is 9.78 Å². The van der Waals surface area contributed by atoms with Crippen molar-refractivity contribution >= 4 is 21.8 Å². The van der Waals surface area contributed by atoms with Gasteiger partial charge in [0, 0.05) is 31.7 Å². The molecule has 11 heteroatoms. The van der Waals surface area contributed by atoms with E-state index in [1.54, 1.807) is 35.1 Å². The minimum Gasteiger partial charge on any atom is -0.464 e. The van der Waals surface area contributed by atoms with E-state index in [0.717, 1.165) is 11.3 Å². The van der Waals surface area contributed by atoms with Crippen LogP contribution in [-0.2, 0) is 26.0 Å². The number of nitrogens with one attached hydrogen (secondary N) is 2. The van der Waals surface area contributed by atoms with Crippen molar-refractivity contribution in [1.29, 1.82) is 0 Å². The van der Waals surface area contributed by atoms with Gasteiger partial charge in [0.15, 0.2) is 0 Å². The van der Waals surface area contributed by atoms with Crippen LogP contribution in [0.15, 0.2) is 90.3 Å². The molecule has 0 saturated heterocycles. The van der Waals surface area contributed by atoms with E-state index in [2.05, 4.69) is 25.1 Å². The van der Waals surface area contributed by atoms with Crippen LogP contribution in [0.1, 0.15) is 24.2 Å². The zero-order valence-corrected chi connectivity index (χ0v) is 20.4. The fourth-order valence-corrected chi connectivity index (χ4v) is 4.70. The Bertz CT molecular complexity index is 1380. The largest absolute Gasteiger partial charge is 0.464 e. The minimum atomic E-state index is -3.86. The van der Waals surface area contributed by atoms with Crippen LogP contribution in [0.3, 0.4) is 0 Å². The van der Waals surface area contributed by atoms with Crippen LogP contribution in [0.4, 0.5) is 5.82 Å². The lowest BCUT2D eigenvalue weighted by Crippen LogP contribution is -2.31. The number of nitrogens with zero attached hydrogens (tertiary/aromatic N) is 4. The predicted octanol–water partition coefficient (Wildman–Crippen LogP) is 2.90. The van der Waals surface area contributed by atoms with Crippen molar-refractivity contribution in [3.63, 3.8) is 0 Å². The second kappa shape index (κ2) is 11.6. The van der Waals surface area contributed by atoms with Crippen LogP contribution in [-0.4, -0.2) is 47.3 Å². The van der Waals surface area contributed by atoms with Crippen molar-refractivity contribution in [3.05, 3.63) is 96.7 Å². The molecule has 2 N–H and O–H groups in total. The van der Waals surface area contributed by atoms with Gasteiger partial charge in [-0.25, -0.2) is 22.8 Å². The summed E-state index contributed by atoms with van der Waals surface area (Å²) in [7, 11) is -3.86. The lowest BCUT2D eigenvalue weighted by molar-refractivity contribution is -0.140. The van der Waals surface area contributed by atoms with Gasteiger partial charge in [0.25, 0.3) is 0 Å². The average molecular weight is 507 g/mol. The smallest absolute Gasteiger partial charge is 0.302 e. The molecule has 0 spiro atoms. The van der Waals surface area contributed by atoms with E-state index >= 15 is 0 Å². The predicted molar refractivity (Wildman–Crippen MR) is 134 cm³/mol.